The van der Waals surface area contributed by atoms with E-state index in [0.29, 0.717) is 12.0 Å². The van der Waals surface area contributed by atoms with Gasteiger partial charge in [-0.1, -0.05) is 147 Å². The van der Waals surface area contributed by atoms with E-state index in [1.54, 1.807) is 0 Å². The minimum absolute atomic E-state index is 0.139. The zero-order valence-corrected chi connectivity index (χ0v) is 32.4. The molecule has 1 aromatic carbocycles. The summed E-state index contributed by atoms with van der Waals surface area (Å²) in [5.74, 6) is -1.33. The number of carbonyl (C=O) groups excluding carboxylic acids is 2. The van der Waals surface area contributed by atoms with Crippen molar-refractivity contribution in [1.29, 1.82) is 0 Å². The molecule has 0 atom stereocenters. The maximum absolute atomic E-state index is 12.0. The van der Waals surface area contributed by atoms with Gasteiger partial charge < -0.3 is 16.2 Å². The number of allylic oxidation sites excluding steroid dienone is 4. The molecule has 0 fully saturated rings. The van der Waals surface area contributed by atoms with Gasteiger partial charge in [0.25, 0.3) is 0 Å². The van der Waals surface area contributed by atoms with Gasteiger partial charge in [-0.05, 0) is 88.5 Å². The van der Waals surface area contributed by atoms with Crippen LogP contribution in [0.4, 0.5) is 0 Å². The van der Waals surface area contributed by atoms with Crippen LogP contribution < -0.4 is 11.1 Å². The summed E-state index contributed by atoms with van der Waals surface area (Å²) in [7, 11) is 0. The number of amides is 2. The summed E-state index contributed by atoms with van der Waals surface area (Å²) in [5.41, 5.74) is 5.40. The monoisotopic (exact) mass is 697 g/mol. The van der Waals surface area contributed by atoms with Crippen molar-refractivity contribution < 1.29 is 19.5 Å². The number of primary amides is 1. The van der Waals surface area contributed by atoms with Gasteiger partial charge >= 0.3 is 5.97 Å². The highest BCUT2D eigenvalue weighted by Crippen LogP contribution is 2.12. The molecule has 0 spiro atoms. The number of hydrogen-bond donors (Lipinski definition) is 3. The van der Waals surface area contributed by atoms with E-state index in [-0.39, 0.29) is 11.5 Å². The Morgan fingerprint density at radius 2 is 0.860 bits per heavy atom. The Hall–Kier alpha value is -2.89. The van der Waals surface area contributed by atoms with Gasteiger partial charge in [0.05, 0.1) is 5.56 Å². The van der Waals surface area contributed by atoms with Crippen LogP contribution in [0, 0.1) is 0 Å². The lowest BCUT2D eigenvalue weighted by Crippen LogP contribution is -2.23. The standard InChI is InChI=1S/C36H69NO.C8H7NO3/c1-3-5-7-9-11-13-15-17-19-21-23-25-27-29-31-33-35-37-36(38)34-32-30-28-26-24-22-20-18-16-14-12-10-8-6-4-2;9-7(10)5-1-3-6(4-2-5)8(11)12/h17-20H,3-16,21-35H2,1-2H3,(H,37,38);1-4H,(H2,9,10)(H,11,12)/b19-17-,20-18-;. The molecular weight excluding hydrogens is 620 g/mol. The van der Waals surface area contributed by atoms with Crippen molar-refractivity contribution in [2.24, 2.45) is 5.73 Å². The van der Waals surface area contributed by atoms with E-state index < -0.39 is 11.9 Å². The van der Waals surface area contributed by atoms with E-state index in [2.05, 4.69) is 43.5 Å². The predicted molar refractivity (Wildman–Crippen MR) is 214 cm³/mol. The number of hydrogen-bond acceptors (Lipinski definition) is 3. The zero-order valence-electron chi connectivity index (χ0n) is 32.4. The van der Waals surface area contributed by atoms with Crippen molar-refractivity contribution in [3.05, 3.63) is 59.7 Å². The molecule has 0 aromatic heterocycles. The molecule has 0 saturated carbocycles. The predicted octanol–water partition coefficient (Wildman–Crippen LogP) is 12.7. The fourth-order valence-electron chi connectivity index (χ4n) is 5.82. The van der Waals surface area contributed by atoms with Crippen LogP contribution in [0.25, 0.3) is 0 Å². The van der Waals surface area contributed by atoms with Crippen LogP contribution in [0.15, 0.2) is 48.6 Å². The molecule has 0 radical (unpaired) electrons. The summed E-state index contributed by atoms with van der Waals surface area (Å²) in [6, 6.07) is 5.43. The number of rotatable bonds is 33. The first-order chi connectivity index (χ1) is 24.4. The van der Waals surface area contributed by atoms with Crippen LogP contribution in [0.1, 0.15) is 214 Å². The lowest BCUT2D eigenvalue weighted by molar-refractivity contribution is -0.121. The maximum atomic E-state index is 12.0. The first-order valence-electron chi connectivity index (χ1n) is 20.6. The molecule has 0 saturated heterocycles. The molecule has 286 valence electrons. The number of benzene rings is 1. The van der Waals surface area contributed by atoms with Gasteiger partial charge in [-0.2, -0.15) is 0 Å². The SMILES string of the molecule is CCCCCCCC/C=C\CCCCCCCCNC(=O)CCCCCCC/C=C\CCCCCCCC.NC(=O)c1ccc(C(=O)O)cc1. The average Bonchev–Trinajstić information content (AvgIpc) is 3.11. The summed E-state index contributed by atoms with van der Waals surface area (Å²) in [6.07, 6.45) is 45.8. The lowest BCUT2D eigenvalue weighted by atomic mass is 10.1. The highest BCUT2D eigenvalue weighted by molar-refractivity contribution is 5.94. The molecule has 0 aliphatic rings. The molecule has 6 nitrogen and oxygen atoms in total. The molecule has 0 unspecified atom stereocenters. The Morgan fingerprint density at radius 3 is 1.24 bits per heavy atom. The van der Waals surface area contributed by atoms with Crippen LogP contribution in [0.5, 0.6) is 0 Å². The third-order valence-electron chi connectivity index (χ3n) is 9.09. The number of unbranched alkanes of at least 4 members (excludes halogenated alkanes) is 23. The topological polar surface area (TPSA) is 109 Å². The van der Waals surface area contributed by atoms with Crippen molar-refractivity contribution >= 4 is 17.8 Å². The van der Waals surface area contributed by atoms with E-state index in [9.17, 15) is 14.4 Å². The summed E-state index contributed by atoms with van der Waals surface area (Å²) in [5, 5.41) is 11.6. The van der Waals surface area contributed by atoms with Gasteiger partial charge in [-0.3, -0.25) is 9.59 Å². The van der Waals surface area contributed by atoms with Crippen LogP contribution >= 0.6 is 0 Å². The van der Waals surface area contributed by atoms with Gasteiger partial charge in [-0.25, -0.2) is 4.79 Å². The number of carbonyl (C=O) groups is 3. The number of nitrogens with two attached hydrogens (primary N) is 1. The number of carboxylic acid groups (broad SMARTS) is 1. The molecule has 1 aromatic rings. The zero-order chi connectivity index (χ0) is 36.8. The lowest BCUT2D eigenvalue weighted by Gasteiger charge is -2.05. The number of nitrogens with one attached hydrogen (secondary N) is 1. The van der Waals surface area contributed by atoms with Gasteiger partial charge in [0.2, 0.25) is 11.8 Å². The summed E-state index contributed by atoms with van der Waals surface area (Å²) < 4.78 is 0. The van der Waals surface area contributed by atoms with Crippen molar-refractivity contribution in [2.45, 2.75) is 194 Å². The minimum atomic E-state index is -1.02. The third kappa shape index (κ3) is 33.6. The Labute approximate surface area is 307 Å². The number of aromatic carboxylic acids is 1. The molecule has 6 heteroatoms. The maximum Gasteiger partial charge on any atom is 0.335 e. The van der Waals surface area contributed by atoms with Gasteiger partial charge in [0.1, 0.15) is 0 Å². The van der Waals surface area contributed by atoms with Crippen molar-refractivity contribution in [2.75, 3.05) is 6.54 Å². The van der Waals surface area contributed by atoms with Gasteiger partial charge in [-0.15, -0.1) is 0 Å². The third-order valence-corrected chi connectivity index (χ3v) is 9.09. The Morgan fingerprint density at radius 1 is 0.520 bits per heavy atom. The fourth-order valence-corrected chi connectivity index (χ4v) is 5.82. The van der Waals surface area contributed by atoms with E-state index in [1.165, 1.54) is 185 Å². The quantitative estimate of drug-likeness (QED) is 0.0502. The highest BCUT2D eigenvalue weighted by atomic mass is 16.4. The molecule has 0 aliphatic carbocycles. The molecule has 50 heavy (non-hydrogen) atoms. The highest BCUT2D eigenvalue weighted by Gasteiger charge is 2.04. The Balaban J connectivity index is 0.00000167. The molecule has 0 heterocycles. The van der Waals surface area contributed by atoms with Crippen molar-refractivity contribution in [1.82, 2.24) is 5.32 Å². The molecule has 1 rings (SSSR count). The summed E-state index contributed by atoms with van der Waals surface area (Å²) in [4.78, 5) is 32.9. The summed E-state index contributed by atoms with van der Waals surface area (Å²) >= 11 is 0. The van der Waals surface area contributed by atoms with Crippen LogP contribution in [-0.2, 0) is 4.79 Å². The molecule has 0 bridgehead atoms. The molecule has 4 N–H and O–H groups in total. The van der Waals surface area contributed by atoms with Crippen molar-refractivity contribution in [3.63, 3.8) is 0 Å². The van der Waals surface area contributed by atoms with E-state index >= 15 is 0 Å². The van der Waals surface area contributed by atoms with Crippen LogP contribution in [0.3, 0.4) is 0 Å². The van der Waals surface area contributed by atoms with E-state index in [4.69, 9.17) is 10.8 Å². The Kier molecular flexibility index (Phi) is 35.2. The van der Waals surface area contributed by atoms with Crippen LogP contribution in [-0.4, -0.2) is 29.4 Å². The summed E-state index contributed by atoms with van der Waals surface area (Å²) in [6.45, 7) is 5.43. The van der Waals surface area contributed by atoms with Gasteiger partial charge in [0.15, 0.2) is 0 Å². The fraction of sp³-hybridized carbons (Fsp3) is 0.705. The largest absolute Gasteiger partial charge is 0.478 e. The number of carboxylic acids is 1. The van der Waals surface area contributed by atoms with E-state index in [0.717, 1.165) is 19.4 Å². The molecule has 0 aliphatic heterocycles. The first kappa shape index (κ1) is 47.1. The molecule has 2 amide bonds. The molecular formula is C44H76N2O4. The average molecular weight is 697 g/mol. The second-order valence-corrected chi connectivity index (χ2v) is 13.9. The second kappa shape index (κ2) is 37.4. The second-order valence-electron chi connectivity index (χ2n) is 13.9. The smallest absolute Gasteiger partial charge is 0.335 e. The van der Waals surface area contributed by atoms with Crippen molar-refractivity contribution in [3.8, 4) is 0 Å². The first-order valence-corrected chi connectivity index (χ1v) is 20.6. The normalized spacial score (nSPS) is 11.2. The van der Waals surface area contributed by atoms with E-state index in [1.807, 2.05) is 0 Å². The Bertz CT molecular complexity index is 953. The van der Waals surface area contributed by atoms with Crippen LogP contribution in [0.2, 0.25) is 0 Å². The van der Waals surface area contributed by atoms with Gasteiger partial charge in [0, 0.05) is 18.5 Å². The minimum Gasteiger partial charge on any atom is -0.478 e.